The summed E-state index contributed by atoms with van der Waals surface area (Å²) in [6.45, 7) is -0.612. The first-order valence-corrected chi connectivity index (χ1v) is 12.7. The van der Waals surface area contributed by atoms with E-state index in [-0.39, 0.29) is 28.1 Å². The van der Waals surface area contributed by atoms with Crippen molar-refractivity contribution < 1.29 is 42.4 Å². The fraction of sp³-hybridized carbons (Fsp3) is 0.0800. The Morgan fingerprint density at radius 1 is 0.846 bits per heavy atom. The lowest BCUT2D eigenvalue weighted by atomic mass is 9.93. The third-order valence-electron chi connectivity index (χ3n) is 4.83. The maximum atomic E-state index is 13.0. The van der Waals surface area contributed by atoms with Crippen molar-refractivity contribution in [3.8, 4) is 11.1 Å². The molecule has 3 aromatic carbocycles. The first-order chi connectivity index (χ1) is 18.2. The number of nitrogen functional groups attached to an aromatic ring is 1. The topological polar surface area (TPSA) is 237 Å². The highest BCUT2D eigenvalue weighted by molar-refractivity contribution is 7.85. The molecule has 0 bridgehead atoms. The predicted octanol–water partition coefficient (Wildman–Crippen LogP) is 1.91. The van der Waals surface area contributed by atoms with E-state index >= 15 is 0 Å². The zero-order chi connectivity index (χ0) is 29.3. The number of hydrogen-bond donors (Lipinski definition) is 7. The third-order valence-corrected chi connectivity index (χ3v) is 4.83. The van der Waals surface area contributed by atoms with Crippen molar-refractivity contribution in [2.24, 2.45) is 5.73 Å². The molecule has 3 rings (SSSR count). The number of aromatic carboxylic acids is 1. The molecule has 0 aliphatic rings. The Morgan fingerprint density at radius 3 is 1.92 bits per heavy atom. The van der Waals surface area contributed by atoms with Crippen molar-refractivity contribution >= 4 is 45.4 Å². The Bertz CT molecular complexity index is 1530. The Hall–Kier alpha value is -5.08. The molecule has 0 spiro atoms. The summed E-state index contributed by atoms with van der Waals surface area (Å²) in [5, 5.41) is 30.8. The monoisotopic (exact) mass is 556 g/mol. The van der Waals surface area contributed by atoms with Crippen LogP contribution in [0.25, 0.3) is 11.1 Å². The SMILES string of the molecule is CS(=O)(=O)O.N=C(N)c1ccc(NC(=O)c2ccccc2-c2ccc(C(=O)NCC(=O)O)cc2C(=O)O)cc1. The second kappa shape index (κ2) is 12.9. The molecule has 204 valence electrons. The quantitative estimate of drug-likeness (QED) is 0.121. The van der Waals surface area contributed by atoms with Gasteiger partial charge in [0.15, 0.2) is 0 Å². The lowest BCUT2D eigenvalue weighted by Gasteiger charge is -2.14. The molecular weight excluding hydrogens is 532 g/mol. The number of amidine groups is 1. The molecule has 13 nitrogen and oxygen atoms in total. The van der Waals surface area contributed by atoms with Gasteiger partial charge in [-0.3, -0.25) is 24.3 Å². The lowest BCUT2D eigenvalue weighted by molar-refractivity contribution is -0.135. The zero-order valence-electron chi connectivity index (χ0n) is 20.3. The summed E-state index contributed by atoms with van der Waals surface area (Å²) in [6, 6.07) is 16.6. The molecule has 2 amide bonds. The zero-order valence-corrected chi connectivity index (χ0v) is 21.2. The van der Waals surface area contributed by atoms with E-state index in [1.807, 2.05) is 0 Å². The number of benzene rings is 3. The standard InChI is InChI=1S/C24H20N4O6.CH4O3S/c25-21(26)13-5-8-15(9-6-13)28-23(32)18-4-2-1-3-16(18)17-10-7-14(11-19(17)24(33)34)22(31)27-12-20(29)30;1-5(2,3)4/h1-11H,12H2,(H3,25,26)(H,27,31)(H,28,32)(H,29,30)(H,33,34);1H3,(H,2,3,4). The van der Waals surface area contributed by atoms with Crippen molar-refractivity contribution in [2.45, 2.75) is 0 Å². The van der Waals surface area contributed by atoms with Crippen LogP contribution in [0, 0.1) is 5.41 Å². The molecule has 39 heavy (non-hydrogen) atoms. The van der Waals surface area contributed by atoms with Crippen LogP contribution < -0.4 is 16.4 Å². The van der Waals surface area contributed by atoms with Gasteiger partial charge >= 0.3 is 11.9 Å². The summed E-state index contributed by atoms with van der Waals surface area (Å²) in [4.78, 5) is 47.8. The maximum absolute atomic E-state index is 13.0. The smallest absolute Gasteiger partial charge is 0.336 e. The number of carboxylic acids is 2. The Balaban J connectivity index is 0.000000976. The first kappa shape index (κ1) is 30.1. The molecule has 0 unspecified atom stereocenters. The van der Waals surface area contributed by atoms with Crippen LogP contribution in [-0.4, -0.2) is 65.6 Å². The van der Waals surface area contributed by atoms with Crippen LogP contribution in [-0.2, 0) is 14.9 Å². The van der Waals surface area contributed by atoms with Crippen molar-refractivity contribution in [2.75, 3.05) is 18.1 Å². The molecule has 0 aliphatic carbocycles. The van der Waals surface area contributed by atoms with Gasteiger partial charge in [0, 0.05) is 22.4 Å². The van der Waals surface area contributed by atoms with Gasteiger partial charge < -0.3 is 26.6 Å². The lowest BCUT2D eigenvalue weighted by Crippen LogP contribution is -2.29. The predicted molar refractivity (Wildman–Crippen MR) is 142 cm³/mol. The Kier molecular flexibility index (Phi) is 10.00. The number of amides is 2. The van der Waals surface area contributed by atoms with E-state index in [1.165, 1.54) is 18.2 Å². The summed E-state index contributed by atoms with van der Waals surface area (Å²) in [5.41, 5.74) is 6.86. The van der Waals surface area contributed by atoms with Gasteiger partial charge in [-0.1, -0.05) is 24.3 Å². The van der Waals surface area contributed by atoms with E-state index in [4.69, 9.17) is 20.8 Å². The summed E-state index contributed by atoms with van der Waals surface area (Å²) in [5.74, 6) is -3.90. The summed E-state index contributed by atoms with van der Waals surface area (Å²) >= 11 is 0. The normalized spacial score (nSPS) is 10.4. The number of carbonyl (C=O) groups is 4. The molecule has 0 heterocycles. The van der Waals surface area contributed by atoms with Gasteiger partial charge in [0.25, 0.3) is 21.9 Å². The number of carbonyl (C=O) groups excluding carboxylic acids is 2. The van der Waals surface area contributed by atoms with E-state index in [0.29, 0.717) is 23.1 Å². The van der Waals surface area contributed by atoms with Crippen LogP contribution >= 0.6 is 0 Å². The number of rotatable bonds is 8. The molecule has 3 aromatic rings. The summed E-state index contributed by atoms with van der Waals surface area (Å²) in [7, 11) is -3.67. The number of nitrogens with two attached hydrogens (primary N) is 1. The van der Waals surface area contributed by atoms with E-state index in [0.717, 1.165) is 6.07 Å². The minimum Gasteiger partial charge on any atom is -0.480 e. The number of anilines is 1. The van der Waals surface area contributed by atoms with Crippen LogP contribution in [0.15, 0.2) is 66.7 Å². The maximum Gasteiger partial charge on any atom is 0.336 e. The highest BCUT2D eigenvalue weighted by Crippen LogP contribution is 2.29. The molecule has 0 saturated carbocycles. The molecule has 0 aliphatic heterocycles. The van der Waals surface area contributed by atoms with Crippen molar-refractivity contribution in [3.05, 3.63) is 89.0 Å². The van der Waals surface area contributed by atoms with E-state index in [2.05, 4.69) is 10.6 Å². The van der Waals surface area contributed by atoms with Gasteiger partial charge in [-0.2, -0.15) is 8.42 Å². The average molecular weight is 557 g/mol. The minimum absolute atomic E-state index is 0.0325. The molecule has 0 aromatic heterocycles. The second-order valence-corrected chi connectivity index (χ2v) is 9.33. The Labute approximate surface area is 222 Å². The molecule has 14 heteroatoms. The van der Waals surface area contributed by atoms with Crippen LogP contribution in [0.1, 0.15) is 36.6 Å². The molecular formula is C25H24N4O9S. The van der Waals surface area contributed by atoms with E-state index < -0.39 is 40.4 Å². The van der Waals surface area contributed by atoms with Crippen molar-refractivity contribution in [1.29, 1.82) is 5.41 Å². The van der Waals surface area contributed by atoms with Crippen molar-refractivity contribution in [1.82, 2.24) is 5.32 Å². The second-order valence-electron chi connectivity index (χ2n) is 7.87. The highest BCUT2D eigenvalue weighted by atomic mass is 32.2. The number of nitrogens with one attached hydrogen (secondary N) is 3. The average Bonchev–Trinajstić information content (AvgIpc) is 2.86. The van der Waals surface area contributed by atoms with Gasteiger partial charge in [0.1, 0.15) is 12.4 Å². The van der Waals surface area contributed by atoms with Gasteiger partial charge in [0.05, 0.1) is 11.8 Å². The number of aliphatic carboxylic acids is 1. The van der Waals surface area contributed by atoms with Crippen molar-refractivity contribution in [3.63, 3.8) is 0 Å². The molecule has 0 radical (unpaired) electrons. The largest absolute Gasteiger partial charge is 0.480 e. The first-order valence-electron chi connectivity index (χ1n) is 10.8. The van der Waals surface area contributed by atoms with E-state index in [9.17, 15) is 32.7 Å². The number of hydrogen-bond acceptors (Lipinski definition) is 7. The fourth-order valence-electron chi connectivity index (χ4n) is 3.20. The van der Waals surface area contributed by atoms with Crippen LogP contribution in [0.2, 0.25) is 0 Å². The third kappa shape index (κ3) is 9.38. The highest BCUT2D eigenvalue weighted by Gasteiger charge is 2.20. The summed E-state index contributed by atoms with van der Waals surface area (Å²) < 4.78 is 25.9. The van der Waals surface area contributed by atoms with Gasteiger partial charge in [-0.05, 0) is 53.6 Å². The van der Waals surface area contributed by atoms with Crippen LogP contribution in [0.4, 0.5) is 5.69 Å². The molecule has 0 saturated heterocycles. The van der Waals surface area contributed by atoms with E-state index in [1.54, 1.807) is 42.5 Å². The Morgan fingerprint density at radius 2 is 1.38 bits per heavy atom. The minimum atomic E-state index is -3.67. The molecule has 8 N–H and O–H groups in total. The summed E-state index contributed by atoms with van der Waals surface area (Å²) in [6.07, 6.45) is 0.715. The van der Waals surface area contributed by atoms with Crippen LogP contribution in [0.3, 0.4) is 0 Å². The van der Waals surface area contributed by atoms with Gasteiger partial charge in [-0.15, -0.1) is 0 Å². The number of carboxylic acid groups (broad SMARTS) is 2. The fourth-order valence-corrected chi connectivity index (χ4v) is 3.20. The molecule has 0 atom stereocenters. The molecule has 0 fully saturated rings. The van der Waals surface area contributed by atoms with Gasteiger partial charge in [-0.25, -0.2) is 4.79 Å². The van der Waals surface area contributed by atoms with Gasteiger partial charge in [0.2, 0.25) is 0 Å². The van der Waals surface area contributed by atoms with Crippen LogP contribution in [0.5, 0.6) is 0 Å².